The summed E-state index contributed by atoms with van der Waals surface area (Å²) in [4.78, 5) is 24.2. The van der Waals surface area contributed by atoms with Crippen molar-refractivity contribution in [2.75, 3.05) is 0 Å². The largest absolute Gasteiger partial charge is 0.492 e. The van der Waals surface area contributed by atoms with Gasteiger partial charge in [0.2, 0.25) is 6.23 Å². The van der Waals surface area contributed by atoms with Gasteiger partial charge in [0.1, 0.15) is 12.4 Å². The fraction of sp³-hybridized carbons (Fsp3) is 0.222. The molecule has 0 saturated carbocycles. The number of nitrogens with one attached hydrogen (secondary N) is 1. The van der Waals surface area contributed by atoms with Gasteiger partial charge in [0.25, 0.3) is 5.91 Å². The molecule has 0 radical (unpaired) electrons. The van der Waals surface area contributed by atoms with E-state index in [4.69, 9.17) is 9.39 Å². The Morgan fingerprint density at radius 1 is 1.30 bits per heavy atom. The van der Waals surface area contributed by atoms with Crippen LogP contribution in [-0.2, 0) is 27.4 Å². The van der Waals surface area contributed by atoms with Crippen molar-refractivity contribution in [2.24, 2.45) is 0 Å². The van der Waals surface area contributed by atoms with E-state index >= 15 is 0 Å². The highest BCUT2D eigenvalue weighted by atomic mass is 19.1. The molecule has 3 N–H and O–H groups in total. The number of amides is 1. The minimum absolute atomic E-state index is 0.173. The van der Waals surface area contributed by atoms with Crippen LogP contribution in [0.1, 0.15) is 27.0 Å². The molecule has 9 heteroatoms. The molecule has 0 saturated heterocycles. The first-order valence-electron chi connectivity index (χ1n) is 8.19. The average molecular weight is 373 g/mol. The zero-order valence-electron chi connectivity index (χ0n) is 14.4. The second kappa shape index (κ2) is 7.87. The Bertz CT molecular complexity index is 873. The SMILES string of the molecule is Cc1c(C(=O)N[C@@H](O)C(=O)OCc2ccc(F)cc2)ccc2c1B(O)OC2. The number of esters is 1. The van der Waals surface area contributed by atoms with Crippen LogP contribution in [0, 0.1) is 12.7 Å². The molecule has 1 amide bonds. The Labute approximate surface area is 154 Å². The summed E-state index contributed by atoms with van der Waals surface area (Å²) in [5.74, 6) is -2.16. The molecule has 1 atom stereocenters. The van der Waals surface area contributed by atoms with Gasteiger partial charge >= 0.3 is 13.1 Å². The van der Waals surface area contributed by atoms with E-state index in [0.29, 0.717) is 16.6 Å². The third-order valence-electron chi connectivity index (χ3n) is 4.28. The molecule has 1 aliphatic rings. The summed E-state index contributed by atoms with van der Waals surface area (Å²) in [6.45, 7) is 1.72. The van der Waals surface area contributed by atoms with Crippen molar-refractivity contribution in [3.63, 3.8) is 0 Å². The number of benzene rings is 2. The van der Waals surface area contributed by atoms with E-state index in [1.807, 2.05) is 0 Å². The predicted octanol–water partition coefficient (Wildman–Crippen LogP) is 0.143. The van der Waals surface area contributed by atoms with Crippen LogP contribution in [-0.4, -0.2) is 35.4 Å². The fourth-order valence-electron chi connectivity index (χ4n) is 2.83. The third kappa shape index (κ3) is 4.16. The highest BCUT2D eigenvalue weighted by Crippen LogP contribution is 2.16. The van der Waals surface area contributed by atoms with Gasteiger partial charge in [-0.05, 0) is 47.3 Å². The summed E-state index contributed by atoms with van der Waals surface area (Å²) < 4.78 is 22.9. The van der Waals surface area contributed by atoms with Gasteiger partial charge in [0.05, 0.1) is 6.61 Å². The normalized spacial score (nSPS) is 13.9. The molecule has 0 bridgehead atoms. The number of halogens is 1. The lowest BCUT2D eigenvalue weighted by Gasteiger charge is -2.15. The van der Waals surface area contributed by atoms with Crippen LogP contribution in [0.5, 0.6) is 0 Å². The summed E-state index contributed by atoms with van der Waals surface area (Å²) in [5, 5.41) is 21.8. The standard InChI is InChI=1S/C18H17BFNO6/c1-10-14(7-4-12-9-27-19(25)15(10)12)16(22)21-17(23)18(24)26-8-11-2-5-13(20)6-3-11/h2-7,17,23,25H,8-9H2,1H3,(H,21,22)/t17-/m0/s1. The first-order valence-corrected chi connectivity index (χ1v) is 8.19. The molecule has 2 aromatic rings. The van der Waals surface area contributed by atoms with E-state index in [-0.39, 0.29) is 18.8 Å². The molecule has 3 rings (SSSR count). The van der Waals surface area contributed by atoms with Crippen LogP contribution in [0.25, 0.3) is 0 Å². The molecule has 0 aromatic heterocycles. The summed E-state index contributed by atoms with van der Waals surface area (Å²) in [7, 11) is -1.11. The number of carbonyl (C=O) groups excluding carboxylic acids is 2. The Morgan fingerprint density at radius 2 is 2.00 bits per heavy atom. The number of fused-ring (bicyclic) bond motifs is 1. The molecular weight excluding hydrogens is 356 g/mol. The van der Waals surface area contributed by atoms with Crippen LogP contribution in [0.15, 0.2) is 36.4 Å². The number of ether oxygens (including phenoxy) is 1. The summed E-state index contributed by atoms with van der Waals surface area (Å²) in [6, 6.07) is 8.49. The van der Waals surface area contributed by atoms with Crippen molar-refractivity contribution in [1.82, 2.24) is 5.32 Å². The van der Waals surface area contributed by atoms with Crippen molar-refractivity contribution in [2.45, 2.75) is 26.4 Å². The molecule has 0 fully saturated rings. The van der Waals surface area contributed by atoms with Crippen molar-refractivity contribution in [3.05, 3.63) is 64.5 Å². The van der Waals surface area contributed by atoms with Gasteiger partial charge in [0, 0.05) is 5.56 Å². The van der Waals surface area contributed by atoms with Gasteiger partial charge in [0.15, 0.2) is 0 Å². The molecule has 0 unspecified atom stereocenters. The highest BCUT2D eigenvalue weighted by molar-refractivity contribution is 6.62. The van der Waals surface area contributed by atoms with E-state index in [9.17, 15) is 24.1 Å². The quantitative estimate of drug-likeness (QED) is 0.391. The monoisotopic (exact) mass is 373 g/mol. The molecule has 0 spiro atoms. The Kier molecular flexibility index (Phi) is 5.55. The number of rotatable bonds is 5. The third-order valence-corrected chi connectivity index (χ3v) is 4.28. The maximum atomic E-state index is 12.8. The first kappa shape index (κ1) is 19.0. The molecule has 0 aliphatic carbocycles. The van der Waals surface area contributed by atoms with E-state index in [1.165, 1.54) is 30.3 Å². The average Bonchev–Trinajstić information content (AvgIpc) is 3.03. The maximum Gasteiger partial charge on any atom is 0.492 e. The number of hydrogen-bond acceptors (Lipinski definition) is 6. The van der Waals surface area contributed by atoms with Crippen LogP contribution < -0.4 is 10.8 Å². The lowest BCUT2D eigenvalue weighted by Crippen LogP contribution is -2.42. The predicted molar refractivity (Wildman–Crippen MR) is 93.2 cm³/mol. The lowest BCUT2D eigenvalue weighted by molar-refractivity contribution is -0.156. The molecule has 7 nitrogen and oxygen atoms in total. The number of aliphatic hydroxyl groups excluding tert-OH is 1. The fourth-order valence-corrected chi connectivity index (χ4v) is 2.83. The maximum absolute atomic E-state index is 12.8. The van der Waals surface area contributed by atoms with Gasteiger partial charge in [-0.25, -0.2) is 9.18 Å². The second-order valence-corrected chi connectivity index (χ2v) is 6.08. The van der Waals surface area contributed by atoms with Gasteiger partial charge in [-0.15, -0.1) is 0 Å². The Balaban J connectivity index is 1.61. The van der Waals surface area contributed by atoms with Crippen LogP contribution in [0.3, 0.4) is 0 Å². The molecule has 2 aromatic carbocycles. The smallest absolute Gasteiger partial charge is 0.457 e. The van der Waals surface area contributed by atoms with Crippen molar-refractivity contribution >= 4 is 24.5 Å². The van der Waals surface area contributed by atoms with E-state index in [1.54, 1.807) is 13.0 Å². The van der Waals surface area contributed by atoms with Gasteiger partial charge < -0.3 is 24.8 Å². The molecular formula is C18H17BFNO6. The molecule has 27 heavy (non-hydrogen) atoms. The topological polar surface area (TPSA) is 105 Å². The van der Waals surface area contributed by atoms with Crippen LogP contribution >= 0.6 is 0 Å². The molecule has 140 valence electrons. The first-order chi connectivity index (χ1) is 12.9. The number of hydrogen-bond donors (Lipinski definition) is 3. The zero-order chi connectivity index (χ0) is 19.6. The van der Waals surface area contributed by atoms with E-state index in [2.05, 4.69) is 5.32 Å². The van der Waals surface area contributed by atoms with Crippen molar-refractivity contribution < 1.29 is 33.5 Å². The number of aliphatic hydroxyl groups is 1. The van der Waals surface area contributed by atoms with Gasteiger partial charge in [-0.3, -0.25) is 4.79 Å². The Morgan fingerprint density at radius 3 is 2.70 bits per heavy atom. The van der Waals surface area contributed by atoms with Crippen LogP contribution in [0.2, 0.25) is 0 Å². The van der Waals surface area contributed by atoms with E-state index < -0.39 is 31.0 Å². The van der Waals surface area contributed by atoms with E-state index in [0.717, 1.165) is 5.56 Å². The summed E-state index contributed by atoms with van der Waals surface area (Å²) in [6.07, 6.45) is -1.87. The minimum atomic E-state index is -1.87. The summed E-state index contributed by atoms with van der Waals surface area (Å²) in [5.41, 5.74) is 2.52. The van der Waals surface area contributed by atoms with Gasteiger partial charge in [-0.2, -0.15) is 0 Å². The van der Waals surface area contributed by atoms with Crippen LogP contribution in [0.4, 0.5) is 4.39 Å². The summed E-state index contributed by atoms with van der Waals surface area (Å²) >= 11 is 0. The second-order valence-electron chi connectivity index (χ2n) is 6.08. The number of carbonyl (C=O) groups is 2. The molecule has 1 heterocycles. The molecule has 1 aliphatic heterocycles. The van der Waals surface area contributed by atoms with Gasteiger partial charge in [-0.1, -0.05) is 18.2 Å². The minimum Gasteiger partial charge on any atom is -0.457 e. The lowest BCUT2D eigenvalue weighted by atomic mass is 9.75. The zero-order valence-corrected chi connectivity index (χ0v) is 14.4. The van der Waals surface area contributed by atoms with Crippen molar-refractivity contribution in [3.8, 4) is 0 Å². The Hall–Kier alpha value is -2.75. The highest BCUT2D eigenvalue weighted by Gasteiger charge is 2.31. The van der Waals surface area contributed by atoms with Crippen molar-refractivity contribution in [1.29, 1.82) is 0 Å².